The first-order valence-electron chi connectivity index (χ1n) is 15.3. The summed E-state index contributed by atoms with van der Waals surface area (Å²) in [6.07, 6.45) is 8.79. The van der Waals surface area contributed by atoms with E-state index in [0.29, 0.717) is 0 Å². The first-order chi connectivity index (χ1) is 21.9. The summed E-state index contributed by atoms with van der Waals surface area (Å²) in [4.78, 5) is 0. The van der Waals surface area contributed by atoms with Gasteiger partial charge in [-0.2, -0.15) is 5.10 Å². The van der Waals surface area contributed by atoms with E-state index >= 15 is 0 Å². The zero-order valence-corrected chi connectivity index (χ0v) is 24.2. The van der Waals surface area contributed by atoms with Gasteiger partial charge >= 0.3 is 0 Å². The van der Waals surface area contributed by atoms with Crippen molar-refractivity contribution < 1.29 is 0 Å². The predicted molar refractivity (Wildman–Crippen MR) is 183 cm³/mol. The third kappa shape index (κ3) is 3.73. The van der Waals surface area contributed by atoms with Crippen molar-refractivity contribution in [1.29, 1.82) is 0 Å². The Hall–Kier alpha value is -5.67. The van der Waals surface area contributed by atoms with Gasteiger partial charge in [0.2, 0.25) is 0 Å². The van der Waals surface area contributed by atoms with Crippen LogP contribution in [0.1, 0.15) is 17.7 Å². The molecular weight excluding hydrogens is 534 g/mol. The number of aromatic nitrogens is 3. The molecule has 208 valence electrons. The van der Waals surface area contributed by atoms with E-state index in [1.807, 2.05) is 6.20 Å². The van der Waals surface area contributed by atoms with Gasteiger partial charge in [0.05, 0.1) is 22.9 Å². The van der Waals surface area contributed by atoms with Crippen molar-refractivity contribution in [2.75, 3.05) is 0 Å². The summed E-state index contributed by atoms with van der Waals surface area (Å²) in [7, 11) is 0. The Kier molecular flexibility index (Phi) is 5.63. The number of aryl methyl sites for hydroxylation is 1. The molecule has 0 aliphatic heterocycles. The van der Waals surface area contributed by atoms with Gasteiger partial charge in [-0.1, -0.05) is 121 Å². The van der Waals surface area contributed by atoms with Crippen LogP contribution in [0, 0.1) is 0 Å². The molecule has 0 N–H and O–H groups in total. The number of fused-ring (bicyclic) bond motifs is 6. The number of para-hydroxylation sites is 1. The van der Waals surface area contributed by atoms with E-state index in [-0.39, 0.29) is 0 Å². The topological polar surface area (TPSA) is 22.2 Å². The van der Waals surface area contributed by atoms with Crippen molar-refractivity contribution >= 4 is 33.3 Å². The average molecular weight is 564 g/mol. The maximum absolute atomic E-state index is 5.05. The van der Waals surface area contributed by atoms with Crippen molar-refractivity contribution in [2.24, 2.45) is 0 Å². The highest BCUT2D eigenvalue weighted by molar-refractivity contribution is 6.12. The normalized spacial score (nSPS) is 12.7. The highest BCUT2D eigenvalue weighted by atomic mass is 15.2. The van der Waals surface area contributed by atoms with Gasteiger partial charge < -0.3 is 4.57 Å². The Morgan fingerprint density at radius 3 is 2.00 bits per heavy atom. The molecule has 3 aromatic heterocycles. The lowest BCUT2D eigenvalue weighted by Gasteiger charge is -2.18. The van der Waals surface area contributed by atoms with Crippen molar-refractivity contribution in [1.82, 2.24) is 14.2 Å². The number of hydrogen-bond acceptors (Lipinski definition) is 1. The maximum Gasteiger partial charge on any atom is 0.0826 e. The largest absolute Gasteiger partial charge is 0.310 e. The second-order valence-corrected chi connectivity index (χ2v) is 11.5. The van der Waals surface area contributed by atoms with Crippen LogP contribution < -0.4 is 0 Å². The molecule has 1 aliphatic rings. The fourth-order valence-electron chi connectivity index (χ4n) is 7.14. The molecule has 3 heteroatoms. The van der Waals surface area contributed by atoms with E-state index in [2.05, 4.69) is 155 Å². The van der Waals surface area contributed by atoms with Crippen LogP contribution in [0.5, 0.6) is 0 Å². The number of rotatable bonds is 4. The average Bonchev–Trinajstić information content (AvgIpc) is 3.69. The van der Waals surface area contributed by atoms with Gasteiger partial charge in [0.15, 0.2) is 0 Å². The lowest BCUT2D eigenvalue weighted by atomic mass is 9.92. The summed E-state index contributed by atoms with van der Waals surface area (Å²) < 4.78 is 4.58. The van der Waals surface area contributed by atoms with Crippen molar-refractivity contribution in [3.8, 4) is 39.2 Å². The van der Waals surface area contributed by atoms with Crippen LogP contribution >= 0.6 is 0 Å². The van der Waals surface area contributed by atoms with Gasteiger partial charge in [0, 0.05) is 38.8 Å². The van der Waals surface area contributed by atoms with Gasteiger partial charge in [-0.05, 0) is 59.2 Å². The van der Waals surface area contributed by atoms with Gasteiger partial charge in [-0.25, -0.2) is 4.52 Å². The maximum atomic E-state index is 5.05. The molecule has 0 amide bonds. The molecule has 0 atom stereocenters. The van der Waals surface area contributed by atoms with Crippen LogP contribution in [0.3, 0.4) is 0 Å². The molecule has 0 saturated heterocycles. The number of benzene rings is 5. The molecule has 44 heavy (non-hydrogen) atoms. The Labute approximate surface area is 256 Å². The SMILES string of the molecule is C1=Cc2c(c3ccccc3n2-c2ccc(-c3c(-c4ccccc4)n4ncc(-c5ccccc5)c4c4ccccc34)cc2)CC1. The molecule has 3 heterocycles. The lowest BCUT2D eigenvalue weighted by molar-refractivity contribution is 0.967. The zero-order chi connectivity index (χ0) is 29.0. The Bertz CT molecular complexity index is 2360. The predicted octanol–water partition coefficient (Wildman–Crippen LogP) is 10.4. The summed E-state index contributed by atoms with van der Waals surface area (Å²) >= 11 is 0. The van der Waals surface area contributed by atoms with Crippen LogP contribution in [0.15, 0.2) is 146 Å². The van der Waals surface area contributed by atoms with E-state index < -0.39 is 0 Å². The molecule has 0 radical (unpaired) electrons. The molecule has 0 fully saturated rings. The molecule has 0 spiro atoms. The molecule has 1 aliphatic carbocycles. The zero-order valence-electron chi connectivity index (χ0n) is 24.2. The van der Waals surface area contributed by atoms with Crippen LogP contribution in [0.25, 0.3) is 72.5 Å². The molecule has 3 nitrogen and oxygen atoms in total. The number of hydrogen-bond donors (Lipinski definition) is 0. The highest BCUT2D eigenvalue weighted by Gasteiger charge is 2.22. The molecule has 0 unspecified atom stereocenters. The van der Waals surface area contributed by atoms with Crippen molar-refractivity contribution in [3.63, 3.8) is 0 Å². The fourth-order valence-corrected chi connectivity index (χ4v) is 7.14. The quantitative estimate of drug-likeness (QED) is 0.209. The molecule has 5 aromatic carbocycles. The van der Waals surface area contributed by atoms with Gasteiger partial charge in [-0.3, -0.25) is 0 Å². The number of allylic oxidation sites excluding steroid dienone is 1. The summed E-state index contributed by atoms with van der Waals surface area (Å²) in [5.74, 6) is 0. The van der Waals surface area contributed by atoms with E-state index in [9.17, 15) is 0 Å². The molecule has 8 aromatic rings. The fraction of sp³-hybridized carbons (Fsp3) is 0.0488. The monoisotopic (exact) mass is 563 g/mol. The summed E-state index contributed by atoms with van der Waals surface area (Å²) in [5, 5.41) is 8.82. The number of pyridine rings is 1. The van der Waals surface area contributed by atoms with Crippen LogP contribution in [-0.2, 0) is 6.42 Å². The lowest BCUT2D eigenvalue weighted by Crippen LogP contribution is -2.01. The Balaban J connectivity index is 1.31. The number of nitrogens with zero attached hydrogens (tertiary/aromatic N) is 3. The van der Waals surface area contributed by atoms with Gasteiger partial charge in [-0.15, -0.1) is 0 Å². The second-order valence-electron chi connectivity index (χ2n) is 11.5. The minimum Gasteiger partial charge on any atom is -0.310 e. The van der Waals surface area contributed by atoms with E-state index in [1.165, 1.54) is 55.3 Å². The van der Waals surface area contributed by atoms with E-state index in [4.69, 9.17) is 5.10 Å². The highest BCUT2D eigenvalue weighted by Crippen LogP contribution is 2.43. The van der Waals surface area contributed by atoms with Crippen LogP contribution in [0.4, 0.5) is 0 Å². The first-order valence-corrected chi connectivity index (χ1v) is 15.3. The Morgan fingerprint density at radius 2 is 1.23 bits per heavy atom. The molecular formula is C41H29N3. The minimum absolute atomic E-state index is 1.08. The van der Waals surface area contributed by atoms with Gasteiger partial charge in [0.1, 0.15) is 0 Å². The third-order valence-electron chi connectivity index (χ3n) is 9.07. The van der Waals surface area contributed by atoms with Crippen molar-refractivity contribution in [3.05, 3.63) is 157 Å². The summed E-state index contributed by atoms with van der Waals surface area (Å²) in [6.45, 7) is 0. The second kappa shape index (κ2) is 9.96. The molecule has 9 rings (SSSR count). The summed E-state index contributed by atoms with van der Waals surface area (Å²) in [6, 6.07) is 47.9. The minimum atomic E-state index is 1.08. The smallest absolute Gasteiger partial charge is 0.0826 e. The standard InChI is InChI=1S/C41H29N3/c1-3-13-28(14-4-1)36-27-42-44-40(30-15-5-2-6-16-30)39(34-19-7-8-20-35(34)41(36)44)29-23-25-31(26-24-29)43-37-21-11-9-17-32(37)33-18-10-12-22-38(33)43/h1-9,11-17,19-27H,10,18H2. The third-order valence-corrected chi connectivity index (χ3v) is 9.07. The molecule has 0 bridgehead atoms. The molecule has 0 saturated carbocycles. The van der Waals surface area contributed by atoms with E-state index in [0.717, 1.165) is 35.2 Å². The summed E-state index contributed by atoms with van der Waals surface area (Å²) in [5.41, 5.74) is 13.2. The van der Waals surface area contributed by atoms with Crippen LogP contribution in [0.2, 0.25) is 0 Å². The van der Waals surface area contributed by atoms with Crippen molar-refractivity contribution in [2.45, 2.75) is 12.8 Å². The Morgan fingerprint density at radius 1 is 0.568 bits per heavy atom. The first kappa shape index (κ1) is 24.9. The van der Waals surface area contributed by atoms with Gasteiger partial charge in [0.25, 0.3) is 0 Å². The van der Waals surface area contributed by atoms with Crippen LogP contribution in [-0.4, -0.2) is 14.2 Å². The van der Waals surface area contributed by atoms with E-state index in [1.54, 1.807) is 0 Å².